The molecule has 1 N–H and O–H groups in total. The molecular formula is C19H20ClNO4. The number of hydrogen-bond donors (Lipinski definition) is 1. The van der Waals surface area contributed by atoms with Gasteiger partial charge in [-0.25, -0.2) is 0 Å². The first-order valence-electron chi connectivity index (χ1n) is 7.86. The zero-order valence-corrected chi connectivity index (χ0v) is 14.9. The summed E-state index contributed by atoms with van der Waals surface area (Å²) in [5.74, 6) is -0.310. The maximum Gasteiger partial charge on any atom is 0.325 e. The summed E-state index contributed by atoms with van der Waals surface area (Å²) in [7, 11) is 0. The van der Waals surface area contributed by atoms with Crippen LogP contribution in [0.15, 0.2) is 42.5 Å². The van der Waals surface area contributed by atoms with E-state index in [1.54, 1.807) is 36.4 Å². The molecule has 0 atom stereocenters. The Bertz CT molecular complexity index is 761. The highest BCUT2D eigenvalue weighted by Gasteiger charge is 2.10. The minimum absolute atomic E-state index is 0.0730. The van der Waals surface area contributed by atoms with Crippen LogP contribution in [0.1, 0.15) is 21.5 Å². The zero-order chi connectivity index (χ0) is 18.2. The maximum absolute atomic E-state index is 12.0. The molecule has 25 heavy (non-hydrogen) atoms. The lowest BCUT2D eigenvalue weighted by Crippen LogP contribution is -2.31. The van der Waals surface area contributed by atoms with E-state index in [-0.39, 0.29) is 25.7 Å². The smallest absolute Gasteiger partial charge is 0.325 e. The fraction of sp³-hybridized carbons (Fsp3) is 0.263. The summed E-state index contributed by atoms with van der Waals surface area (Å²) in [6.07, 6.45) is 0. The molecule has 5 nitrogen and oxygen atoms in total. The molecule has 0 fully saturated rings. The standard InChI is InChI=1S/C19H20ClNO4/c1-13-7-8-15(11-14(13)2)19(23)21-12-18(22)25-10-9-24-17-6-4-3-5-16(17)20/h3-8,11H,9-10,12H2,1-2H3,(H,21,23). The summed E-state index contributed by atoms with van der Waals surface area (Å²) >= 11 is 5.95. The van der Waals surface area contributed by atoms with Crippen molar-refractivity contribution in [3.8, 4) is 5.75 Å². The SMILES string of the molecule is Cc1ccc(C(=O)NCC(=O)OCCOc2ccccc2Cl)cc1C. The molecule has 2 aromatic rings. The second kappa shape index (κ2) is 9.08. The van der Waals surface area contributed by atoms with E-state index in [1.165, 1.54) is 0 Å². The lowest BCUT2D eigenvalue weighted by atomic mass is 10.1. The first kappa shape index (κ1) is 18.8. The van der Waals surface area contributed by atoms with Crippen molar-refractivity contribution in [3.63, 3.8) is 0 Å². The summed E-state index contributed by atoms with van der Waals surface area (Å²) in [5, 5.41) is 3.03. The number of carbonyl (C=O) groups is 2. The van der Waals surface area contributed by atoms with Gasteiger partial charge in [0.2, 0.25) is 0 Å². The number of carbonyl (C=O) groups excluding carboxylic acids is 2. The van der Waals surface area contributed by atoms with Crippen LogP contribution in [0.3, 0.4) is 0 Å². The van der Waals surface area contributed by atoms with Crippen molar-refractivity contribution < 1.29 is 19.1 Å². The zero-order valence-electron chi connectivity index (χ0n) is 14.2. The predicted molar refractivity (Wildman–Crippen MR) is 96.2 cm³/mol. The third kappa shape index (κ3) is 5.80. The number of benzene rings is 2. The van der Waals surface area contributed by atoms with Gasteiger partial charge in [0.1, 0.15) is 25.5 Å². The number of esters is 1. The Hall–Kier alpha value is -2.53. The van der Waals surface area contributed by atoms with Crippen molar-refractivity contribution in [2.75, 3.05) is 19.8 Å². The number of amides is 1. The molecule has 0 saturated heterocycles. The van der Waals surface area contributed by atoms with Crippen LogP contribution in [0, 0.1) is 13.8 Å². The van der Waals surface area contributed by atoms with Gasteiger partial charge >= 0.3 is 5.97 Å². The highest BCUT2D eigenvalue weighted by Crippen LogP contribution is 2.22. The summed E-state index contributed by atoms with van der Waals surface area (Å²) in [6, 6.07) is 12.4. The predicted octanol–water partition coefficient (Wildman–Crippen LogP) is 3.31. The van der Waals surface area contributed by atoms with Crippen LogP contribution >= 0.6 is 11.6 Å². The molecule has 1 amide bonds. The van der Waals surface area contributed by atoms with Crippen molar-refractivity contribution >= 4 is 23.5 Å². The topological polar surface area (TPSA) is 64.6 Å². The van der Waals surface area contributed by atoms with E-state index in [9.17, 15) is 9.59 Å². The van der Waals surface area contributed by atoms with E-state index in [1.807, 2.05) is 19.9 Å². The van der Waals surface area contributed by atoms with Crippen molar-refractivity contribution in [1.29, 1.82) is 0 Å². The Balaban J connectivity index is 1.69. The molecule has 132 valence electrons. The average molecular weight is 362 g/mol. The van der Waals surface area contributed by atoms with Gasteiger partial charge in [0.15, 0.2) is 0 Å². The molecule has 0 aliphatic rings. The van der Waals surface area contributed by atoms with Crippen LogP contribution in [-0.4, -0.2) is 31.6 Å². The highest BCUT2D eigenvalue weighted by molar-refractivity contribution is 6.32. The molecule has 0 aliphatic heterocycles. The highest BCUT2D eigenvalue weighted by atomic mass is 35.5. The number of para-hydroxylation sites is 1. The van der Waals surface area contributed by atoms with Gasteiger partial charge in [-0.1, -0.05) is 29.8 Å². The Labute approximate surface area is 151 Å². The van der Waals surface area contributed by atoms with Crippen LogP contribution in [0.25, 0.3) is 0 Å². The quantitative estimate of drug-likeness (QED) is 0.607. The second-order valence-corrected chi connectivity index (χ2v) is 5.89. The Morgan fingerprint density at radius 3 is 2.52 bits per heavy atom. The van der Waals surface area contributed by atoms with Crippen LogP contribution in [0.5, 0.6) is 5.75 Å². The molecule has 0 bridgehead atoms. The van der Waals surface area contributed by atoms with Crippen molar-refractivity contribution in [2.24, 2.45) is 0 Å². The van der Waals surface area contributed by atoms with Gasteiger partial charge in [-0.2, -0.15) is 0 Å². The first-order chi connectivity index (χ1) is 12.0. The van der Waals surface area contributed by atoms with E-state index in [0.29, 0.717) is 16.3 Å². The minimum atomic E-state index is -0.528. The van der Waals surface area contributed by atoms with E-state index in [0.717, 1.165) is 11.1 Å². The lowest BCUT2D eigenvalue weighted by molar-refractivity contribution is -0.143. The molecule has 0 radical (unpaired) electrons. The molecule has 0 aliphatic carbocycles. The van der Waals surface area contributed by atoms with Gasteiger partial charge in [0.25, 0.3) is 5.91 Å². The number of nitrogens with one attached hydrogen (secondary N) is 1. The molecule has 2 aromatic carbocycles. The Kier molecular flexibility index (Phi) is 6.83. The van der Waals surface area contributed by atoms with E-state index in [4.69, 9.17) is 21.1 Å². The largest absolute Gasteiger partial charge is 0.488 e. The average Bonchev–Trinajstić information content (AvgIpc) is 2.60. The number of halogens is 1. The number of hydrogen-bond acceptors (Lipinski definition) is 4. The molecule has 0 unspecified atom stereocenters. The molecule has 0 spiro atoms. The van der Waals surface area contributed by atoms with E-state index >= 15 is 0 Å². The molecule has 0 aromatic heterocycles. The third-order valence-corrected chi connectivity index (χ3v) is 3.92. The third-order valence-electron chi connectivity index (χ3n) is 3.60. The molecule has 0 heterocycles. The van der Waals surface area contributed by atoms with Gasteiger partial charge in [0.05, 0.1) is 5.02 Å². The lowest BCUT2D eigenvalue weighted by Gasteiger charge is -2.09. The Morgan fingerprint density at radius 2 is 1.80 bits per heavy atom. The molecule has 2 rings (SSSR count). The van der Waals surface area contributed by atoms with Gasteiger partial charge in [-0.05, 0) is 49.2 Å². The van der Waals surface area contributed by atoms with Crippen LogP contribution in [-0.2, 0) is 9.53 Å². The monoisotopic (exact) mass is 361 g/mol. The van der Waals surface area contributed by atoms with Crippen LogP contribution in [0.2, 0.25) is 5.02 Å². The summed E-state index contributed by atoms with van der Waals surface area (Å²) in [6.45, 7) is 3.96. The molecule has 0 saturated carbocycles. The van der Waals surface area contributed by atoms with Gasteiger partial charge < -0.3 is 14.8 Å². The maximum atomic E-state index is 12.0. The van der Waals surface area contributed by atoms with Gasteiger partial charge in [-0.3, -0.25) is 9.59 Å². The molecular weight excluding hydrogens is 342 g/mol. The van der Waals surface area contributed by atoms with Gasteiger partial charge in [0, 0.05) is 5.56 Å². The number of ether oxygens (including phenoxy) is 2. The number of rotatable bonds is 7. The second-order valence-electron chi connectivity index (χ2n) is 5.48. The normalized spacial score (nSPS) is 10.2. The fourth-order valence-electron chi connectivity index (χ4n) is 2.06. The summed E-state index contributed by atoms with van der Waals surface area (Å²) < 4.78 is 10.4. The van der Waals surface area contributed by atoms with E-state index < -0.39 is 5.97 Å². The fourth-order valence-corrected chi connectivity index (χ4v) is 2.25. The minimum Gasteiger partial charge on any atom is -0.488 e. The molecule has 6 heteroatoms. The summed E-state index contributed by atoms with van der Waals surface area (Å²) in [4.78, 5) is 23.7. The van der Waals surface area contributed by atoms with Crippen molar-refractivity contribution in [2.45, 2.75) is 13.8 Å². The van der Waals surface area contributed by atoms with E-state index in [2.05, 4.69) is 5.32 Å². The summed E-state index contributed by atoms with van der Waals surface area (Å²) in [5.41, 5.74) is 2.64. The van der Waals surface area contributed by atoms with Gasteiger partial charge in [-0.15, -0.1) is 0 Å². The van der Waals surface area contributed by atoms with Crippen LogP contribution in [0.4, 0.5) is 0 Å². The Morgan fingerprint density at radius 1 is 1.04 bits per heavy atom. The van der Waals surface area contributed by atoms with Crippen molar-refractivity contribution in [1.82, 2.24) is 5.32 Å². The first-order valence-corrected chi connectivity index (χ1v) is 8.23. The van der Waals surface area contributed by atoms with Crippen LogP contribution < -0.4 is 10.1 Å². The number of aryl methyl sites for hydroxylation is 2. The van der Waals surface area contributed by atoms with Crippen molar-refractivity contribution in [3.05, 3.63) is 64.2 Å².